The van der Waals surface area contributed by atoms with E-state index in [0.717, 1.165) is 15.3 Å². The van der Waals surface area contributed by atoms with Crippen molar-refractivity contribution >= 4 is 22.9 Å². The molecule has 0 aliphatic heterocycles. The molecule has 4 heteroatoms. The van der Waals surface area contributed by atoms with Gasteiger partial charge in [-0.2, -0.15) is 0 Å². The summed E-state index contributed by atoms with van der Waals surface area (Å²) in [6.45, 7) is 0.517. The summed E-state index contributed by atoms with van der Waals surface area (Å²) in [5.74, 6) is -0.320. The van der Waals surface area contributed by atoms with Crippen molar-refractivity contribution < 1.29 is 4.39 Å². The number of benzene rings is 1. The van der Waals surface area contributed by atoms with Gasteiger partial charge in [0.05, 0.1) is 5.02 Å². The van der Waals surface area contributed by atoms with Crippen LogP contribution < -0.4 is 5.73 Å². The molecule has 0 amide bonds. The maximum atomic E-state index is 12.8. The van der Waals surface area contributed by atoms with Crippen LogP contribution in [0.5, 0.6) is 0 Å². The smallest absolute Gasteiger partial charge is 0.124 e. The predicted octanol–water partition coefficient (Wildman–Crippen LogP) is 3.67. The van der Waals surface area contributed by atoms with E-state index in [2.05, 4.69) is 0 Å². The fraction of sp³-hybridized carbons (Fsp3) is 0.0909. The largest absolute Gasteiger partial charge is 0.326 e. The van der Waals surface area contributed by atoms with Crippen molar-refractivity contribution in [2.75, 3.05) is 0 Å². The van der Waals surface area contributed by atoms with Gasteiger partial charge in [0.25, 0.3) is 0 Å². The van der Waals surface area contributed by atoms with Gasteiger partial charge in [-0.25, -0.2) is 4.39 Å². The zero-order valence-electron chi connectivity index (χ0n) is 7.84. The minimum absolute atomic E-state index is 0.320. The monoisotopic (exact) mass is 241 g/mol. The first-order valence-electron chi connectivity index (χ1n) is 4.45. The van der Waals surface area contributed by atoms with E-state index in [4.69, 9.17) is 17.3 Å². The number of hydrogen-bond donors (Lipinski definition) is 1. The highest BCUT2D eigenvalue weighted by molar-refractivity contribution is 7.15. The first-order chi connectivity index (χ1) is 7.20. The molecule has 0 unspecified atom stereocenters. The minimum atomic E-state index is -0.320. The van der Waals surface area contributed by atoms with Crippen LogP contribution >= 0.6 is 22.9 Å². The minimum Gasteiger partial charge on any atom is -0.326 e. The van der Waals surface area contributed by atoms with Crippen molar-refractivity contribution in [1.82, 2.24) is 0 Å². The van der Waals surface area contributed by atoms with Crippen molar-refractivity contribution in [3.63, 3.8) is 0 Å². The van der Waals surface area contributed by atoms with Crippen LogP contribution in [0.4, 0.5) is 4.39 Å². The Morgan fingerprint density at radius 2 is 2.07 bits per heavy atom. The lowest BCUT2D eigenvalue weighted by Crippen LogP contribution is -1.91. The van der Waals surface area contributed by atoms with Crippen LogP contribution in [0.2, 0.25) is 5.02 Å². The molecule has 0 atom stereocenters. The average Bonchev–Trinajstić information content (AvgIpc) is 2.66. The fourth-order valence-corrected chi connectivity index (χ4v) is 2.57. The highest BCUT2D eigenvalue weighted by Gasteiger charge is 2.07. The Morgan fingerprint density at radius 3 is 2.67 bits per heavy atom. The second-order valence-corrected chi connectivity index (χ2v) is 4.67. The molecule has 1 heterocycles. The van der Waals surface area contributed by atoms with Crippen molar-refractivity contribution in [2.45, 2.75) is 6.54 Å². The quantitative estimate of drug-likeness (QED) is 0.853. The molecule has 78 valence electrons. The Hall–Kier alpha value is -0.900. The number of nitrogens with two attached hydrogens (primary N) is 1. The molecule has 2 N–H and O–H groups in total. The predicted molar refractivity (Wildman–Crippen MR) is 62.6 cm³/mol. The van der Waals surface area contributed by atoms with Crippen LogP contribution in [0.3, 0.4) is 0 Å². The molecule has 0 aliphatic carbocycles. The fourth-order valence-electron chi connectivity index (χ4n) is 1.32. The molecule has 0 bridgehead atoms. The summed E-state index contributed by atoms with van der Waals surface area (Å²) in [6, 6.07) is 8.32. The van der Waals surface area contributed by atoms with Gasteiger partial charge in [-0.1, -0.05) is 11.6 Å². The summed E-state index contributed by atoms with van der Waals surface area (Å²) in [5.41, 5.74) is 6.37. The van der Waals surface area contributed by atoms with Gasteiger partial charge in [0, 0.05) is 21.9 Å². The highest BCUT2D eigenvalue weighted by Crippen LogP contribution is 2.33. The summed E-state index contributed by atoms with van der Waals surface area (Å²) in [5, 5.41) is 0.431. The lowest BCUT2D eigenvalue weighted by atomic mass is 10.2. The van der Waals surface area contributed by atoms with Gasteiger partial charge in [0.1, 0.15) is 5.82 Å². The van der Waals surface area contributed by atoms with E-state index in [0.29, 0.717) is 11.6 Å². The molecule has 0 spiro atoms. The van der Waals surface area contributed by atoms with E-state index in [1.54, 1.807) is 17.4 Å². The molecule has 0 saturated heterocycles. The first-order valence-corrected chi connectivity index (χ1v) is 5.64. The Balaban J connectivity index is 2.44. The molecule has 2 aromatic rings. The van der Waals surface area contributed by atoms with Crippen LogP contribution in [-0.2, 0) is 6.54 Å². The van der Waals surface area contributed by atoms with Crippen LogP contribution in [0.1, 0.15) is 4.88 Å². The Morgan fingerprint density at radius 1 is 1.27 bits per heavy atom. The van der Waals surface area contributed by atoms with Crippen molar-refractivity contribution in [2.24, 2.45) is 5.73 Å². The van der Waals surface area contributed by atoms with E-state index in [-0.39, 0.29) is 5.82 Å². The second-order valence-electron chi connectivity index (χ2n) is 3.09. The number of halogens is 2. The molecule has 1 aromatic carbocycles. The van der Waals surface area contributed by atoms with E-state index < -0.39 is 0 Å². The van der Waals surface area contributed by atoms with Gasteiger partial charge < -0.3 is 5.73 Å². The molecule has 2 rings (SSSR count). The SMILES string of the molecule is NCc1ccc(-c2ccc(F)cc2Cl)s1. The average molecular weight is 242 g/mol. The first kappa shape index (κ1) is 10.6. The lowest BCUT2D eigenvalue weighted by molar-refractivity contribution is 0.628. The van der Waals surface area contributed by atoms with Crippen LogP contribution in [0.15, 0.2) is 30.3 Å². The number of thiophene rings is 1. The van der Waals surface area contributed by atoms with Crippen LogP contribution in [0, 0.1) is 5.82 Å². The van der Waals surface area contributed by atoms with Gasteiger partial charge in [-0.3, -0.25) is 0 Å². The van der Waals surface area contributed by atoms with Gasteiger partial charge in [0.2, 0.25) is 0 Å². The van der Waals surface area contributed by atoms with Crippen LogP contribution in [-0.4, -0.2) is 0 Å². The third kappa shape index (κ3) is 2.20. The summed E-state index contributed by atoms with van der Waals surface area (Å²) >= 11 is 7.53. The maximum absolute atomic E-state index is 12.8. The second kappa shape index (κ2) is 4.31. The van der Waals surface area contributed by atoms with E-state index in [1.165, 1.54) is 12.1 Å². The lowest BCUT2D eigenvalue weighted by Gasteiger charge is -2.00. The maximum Gasteiger partial charge on any atom is 0.124 e. The van der Waals surface area contributed by atoms with Crippen molar-refractivity contribution in [3.8, 4) is 10.4 Å². The normalized spacial score (nSPS) is 10.6. The Labute approximate surface area is 96.3 Å². The highest BCUT2D eigenvalue weighted by atomic mass is 35.5. The van der Waals surface area contributed by atoms with Gasteiger partial charge >= 0.3 is 0 Å². The molecule has 0 fully saturated rings. The van der Waals surface area contributed by atoms with E-state index >= 15 is 0 Å². The Kier molecular flexibility index (Phi) is 3.05. The molecule has 15 heavy (non-hydrogen) atoms. The summed E-state index contributed by atoms with van der Waals surface area (Å²) in [7, 11) is 0. The molecular formula is C11H9ClFNS. The Bertz CT molecular complexity index is 481. The van der Waals surface area contributed by atoms with E-state index in [9.17, 15) is 4.39 Å². The molecule has 1 aromatic heterocycles. The summed E-state index contributed by atoms with van der Waals surface area (Å²) in [4.78, 5) is 2.10. The topological polar surface area (TPSA) is 26.0 Å². The van der Waals surface area contributed by atoms with Gasteiger partial charge in [-0.05, 0) is 30.3 Å². The standard InChI is InChI=1S/C11H9ClFNS/c12-10-5-7(13)1-3-9(10)11-4-2-8(6-14)15-11/h1-5H,6,14H2. The number of hydrogen-bond acceptors (Lipinski definition) is 2. The zero-order valence-corrected chi connectivity index (χ0v) is 9.41. The molecule has 0 aliphatic rings. The van der Waals surface area contributed by atoms with Crippen LogP contribution in [0.25, 0.3) is 10.4 Å². The van der Waals surface area contributed by atoms with E-state index in [1.807, 2.05) is 12.1 Å². The third-order valence-corrected chi connectivity index (χ3v) is 3.51. The number of rotatable bonds is 2. The third-order valence-electron chi connectivity index (χ3n) is 2.06. The van der Waals surface area contributed by atoms with Crippen molar-refractivity contribution in [3.05, 3.63) is 46.0 Å². The van der Waals surface area contributed by atoms with Crippen molar-refractivity contribution in [1.29, 1.82) is 0 Å². The summed E-state index contributed by atoms with van der Waals surface area (Å²) in [6.07, 6.45) is 0. The molecule has 0 saturated carbocycles. The molecular weight excluding hydrogens is 233 g/mol. The molecule has 1 nitrogen and oxygen atoms in total. The summed E-state index contributed by atoms with van der Waals surface area (Å²) < 4.78 is 12.8. The molecule has 0 radical (unpaired) electrons. The van der Waals surface area contributed by atoms with Gasteiger partial charge in [-0.15, -0.1) is 11.3 Å². The zero-order chi connectivity index (χ0) is 10.8. The van der Waals surface area contributed by atoms with Gasteiger partial charge in [0.15, 0.2) is 0 Å².